The molecule has 0 atom stereocenters. The molecule has 1 aliphatic rings. The van der Waals surface area contributed by atoms with Gasteiger partial charge >= 0.3 is 0 Å². The summed E-state index contributed by atoms with van der Waals surface area (Å²) >= 11 is 0. The molecule has 5 heteroatoms. The summed E-state index contributed by atoms with van der Waals surface area (Å²) in [5.74, 6) is 0. The van der Waals surface area contributed by atoms with E-state index in [1.54, 1.807) is 0 Å². The molecule has 32 heavy (non-hydrogen) atoms. The molecule has 0 unspecified atom stereocenters. The molecule has 0 amide bonds. The zero-order valence-corrected chi connectivity index (χ0v) is 19.7. The predicted molar refractivity (Wildman–Crippen MR) is 140 cm³/mol. The highest BCUT2D eigenvalue weighted by Crippen LogP contribution is 2.35. The lowest BCUT2D eigenvalue weighted by molar-refractivity contribution is 0.131. The number of piperazine rings is 1. The van der Waals surface area contributed by atoms with Crippen LogP contribution in [-0.2, 0) is 6.54 Å². The van der Waals surface area contributed by atoms with Crippen molar-refractivity contribution in [2.45, 2.75) is 19.4 Å². The third kappa shape index (κ3) is 4.85. The van der Waals surface area contributed by atoms with Crippen LogP contribution in [0.5, 0.6) is 0 Å². The van der Waals surface area contributed by atoms with Gasteiger partial charge < -0.3 is 20.9 Å². The molecule has 1 saturated heterocycles. The number of nitrogens with two attached hydrogens (primary N) is 1. The fourth-order valence-electron chi connectivity index (χ4n) is 5.15. The summed E-state index contributed by atoms with van der Waals surface area (Å²) in [4.78, 5) is 5.16. The topological polar surface area (TPSA) is 44.5 Å². The molecule has 1 heterocycles. The van der Waals surface area contributed by atoms with Gasteiger partial charge in [0.05, 0.1) is 0 Å². The van der Waals surface area contributed by atoms with E-state index in [4.69, 9.17) is 5.73 Å². The molecule has 0 aromatic heterocycles. The van der Waals surface area contributed by atoms with Crippen LogP contribution in [0.3, 0.4) is 0 Å². The monoisotopic (exact) mass is 450 g/mol. The van der Waals surface area contributed by atoms with Crippen LogP contribution in [-0.4, -0.2) is 62.2 Å². The molecule has 0 spiro atoms. The smallest absolute Gasteiger partial charge is 0.0211 e. The van der Waals surface area contributed by atoms with E-state index in [1.165, 1.54) is 77.0 Å². The van der Waals surface area contributed by atoms with Crippen molar-refractivity contribution in [1.82, 2.24) is 15.1 Å². The number of hydrogen-bond acceptors (Lipinski definition) is 4. The van der Waals surface area contributed by atoms with E-state index in [2.05, 4.69) is 69.7 Å². The molecule has 170 valence electrons. The second kappa shape index (κ2) is 10.8. The fourth-order valence-corrected chi connectivity index (χ4v) is 5.15. The van der Waals surface area contributed by atoms with Gasteiger partial charge in [-0.1, -0.05) is 54.6 Å². The van der Waals surface area contributed by atoms with E-state index in [0.717, 1.165) is 32.6 Å². The first-order valence-corrected chi connectivity index (χ1v) is 11.8. The predicted octanol–water partition coefficient (Wildman–Crippen LogP) is 4.45. The Morgan fingerprint density at radius 2 is 1.31 bits per heavy atom. The number of benzene rings is 4. The summed E-state index contributed by atoms with van der Waals surface area (Å²) in [7, 11) is 0. The van der Waals surface area contributed by atoms with E-state index >= 15 is 0 Å². The number of nitrogens with one attached hydrogen (secondary N) is 1. The van der Waals surface area contributed by atoms with E-state index in [0.29, 0.717) is 0 Å². The van der Waals surface area contributed by atoms with Gasteiger partial charge in [-0.05, 0) is 76.9 Å². The van der Waals surface area contributed by atoms with Gasteiger partial charge in [0, 0.05) is 32.7 Å². The molecule has 5 rings (SSSR count). The lowest BCUT2D eigenvalue weighted by Crippen LogP contribution is -2.47. The van der Waals surface area contributed by atoms with E-state index < -0.39 is 0 Å². The maximum atomic E-state index is 5.63. The maximum absolute atomic E-state index is 5.63. The van der Waals surface area contributed by atoms with Crippen molar-refractivity contribution in [3.8, 4) is 0 Å². The van der Waals surface area contributed by atoms with Crippen LogP contribution in [0, 0.1) is 0 Å². The van der Waals surface area contributed by atoms with Gasteiger partial charge in [-0.15, -0.1) is 12.4 Å². The quantitative estimate of drug-likeness (QED) is 0.292. The van der Waals surface area contributed by atoms with Gasteiger partial charge in [-0.25, -0.2) is 0 Å². The summed E-state index contributed by atoms with van der Waals surface area (Å²) < 4.78 is 0. The average Bonchev–Trinajstić information content (AvgIpc) is 2.82. The van der Waals surface area contributed by atoms with Crippen LogP contribution in [0.1, 0.15) is 18.4 Å². The second-order valence-corrected chi connectivity index (χ2v) is 8.94. The first-order valence-electron chi connectivity index (χ1n) is 11.8. The highest BCUT2D eigenvalue weighted by Gasteiger charge is 2.15. The Morgan fingerprint density at radius 1 is 0.719 bits per heavy atom. The van der Waals surface area contributed by atoms with Crippen LogP contribution in [0.4, 0.5) is 0 Å². The van der Waals surface area contributed by atoms with Crippen LogP contribution >= 0.6 is 12.4 Å². The zero-order valence-electron chi connectivity index (χ0n) is 18.9. The molecule has 4 aromatic carbocycles. The molecular weight excluding hydrogens is 416 g/mol. The van der Waals surface area contributed by atoms with Gasteiger partial charge in [-0.2, -0.15) is 0 Å². The Labute approximate surface area is 197 Å². The summed E-state index contributed by atoms with van der Waals surface area (Å²) in [5.41, 5.74) is 7.04. The molecule has 3 N–H and O–H groups in total. The van der Waals surface area contributed by atoms with Crippen molar-refractivity contribution in [2.24, 2.45) is 5.73 Å². The Morgan fingerprint density at radius 3 is 2.00 bits per heavy atom. The lowest BCUT2D eigenvalue weighted by atomic mass is 9.92. The van der Waals surface area contributed by atoms with Gasteiger partial charge in [0.15, 0.2) is 0 Å². The Hall–Kier alpha value is -1.95. The molecule has 0 aliphatic carbocycles. The standard InChI is InChI=1S/C27H34N4.ClH/c28-12-2-14-30-16-18-31(19-17-30)15-3-13-29-20-24-9-8-23-7-6-21-4-1-5-22-10-11-25(24)27(23)26(21)22;/h1,4-11,29H,2-3,12-20,28H2;1H. The second-order valence-electron chi connectivity index (χ2n) is 8.94. The summed E-state index contributed by atoms with van der Waals surface area (Å²) in [6.07, 6.45) is 2.32. The summed E-state index contributed by atoms with van der Waals surface area (Å²) in [6.45, 7) is 9.92. The van der Waals surface area contributed by atoms with E-state index in [9.17, 15) is 0 Å². The SMILES string of the molecule is Cl.NCCCN1CCN(CCCNCc2ccc3ccc4cccc5ccc2c3c45)CC1. The Bertz CT molecular complexity index is 1120. The van der Waals surface area contributed by atoms with Crippen molar-refractivity contribution in [3.05, 3.63) is 60.2 Å². The third-order valence-electron chi connectivity index (χ3n) is 6.91. The van der Waals surface area contributed by atoms with Crippen molar-refractivity contribution >= 4 is 44.7 Å². The number of hydrogen-bond donors (Lipinski definition) is 2. The first-order chi connectivity index (χ1) is 15.3. The van der Waals surface area contributed by atoms with E-state index in [1.807, 2.05) is 0 Å². The molecule has 0 radical (unpaired) electrons. The van der Waals surface area contributed by atoms with Crippen LogP contribution in [0.25, 0.3) is 32.3 Å². The van der Waals surface area contributed by atoms with Crippen LogP contribution in [0.15, 0.2) is 54.6 Å². The van der Waals surface area contributed by atoms with Crippen LogP contribution in [0.2, 0.25) is 0 Å². The van der Waals surface area contributed by atoms with Gasteiger partial charge in [0.25, 0.3) is 0 Å². The van der Waals surface area contributed by atoms with Gasteiger partial charge in [-0.3, -0.25) is 0 Å². The number of nitrogens with zero attached hydrogens (tertiary/aromatic N) is 2. The molecule has 0 bridgehead atoms. The normalized spacial score (nSPS) is 15.7. The summed E-state index contributed by atoms with van der Waals surface area (Å²) in [5, 5.41) is 11.9. The number of halogens is 1. The molecule has 0 saturated carbocycles. The van der Waals surface area contributed by atoms with Crippen molar-refractivity contribution < 1.29 is 0 Å². The molecule has 1 fully saturated rings. The maximum Gasteiger partial charge on any atom is 0.0211 e. The highest BCUT2D eigenvalue weighted by atomic mass is 35.5. The van der Waals surface area contributed by atoms with Crippen molar-refractivity contribution in [3.63, 3.8) is 0 Å². The largest absolute Gasteiger partial charge is 0.330 e. The molecule has 4 nitrogen and oxygen atoms in total. The minimum absolute atomic E-state index is 0. The van der Waals surface area contributed by atoms with E-state index in [-0.39, 0.29) is 12.4 Å². The zero-order chi connectivity index (χ0) is 21.0. The first kappa shape index (κ1) is 23.2. The minimum Gasteiger partial charge on any atom is -0.330 e. The van der Waals surface area contributed by atoms with Gasteiger partial charge in [0.2, 0.25) is 0 Å². The third-order valence-corrected chi connectivity index (χ3v) is 6.91. The Balaban J connectivity index is 0.00000245. The van der Waals surface area contributed by atoms with Crippen molar-refractivity contribution in [2.75, 3.05) is 52.4 Å². The summed E-state index contributed by atoms with van der Waals surface area (Å²) in [6, 6.07) is 20.3. The lowest BCUT2D eigenvalue weighted by Gasteiger charge is -2.34. The minimum atomic E-state index is 0. The Kier molecular flexibility index (Phi) is 7.82. The average molecular weight is 451 g/mol. The highest BCUT2D eigenvalue weighted by molar-refractivity contribution is 6.23. The molecular formula is C27H35ClN4. The van der Waals surface area contributed by atoms with Crippen LogP contribution < -0.4 is 11.1 Å². The fraction of sp³-hybridized carbons (Fsp3) is 0.407. The molecule has 4 aromatic rings. The van der Waals surface area contributed by atoms with Gasteiger partial charge in [0.1, 0.15) is 0 Å². The van der Waals surface area contributed by atoms with Crippen molar-refractivity contribution in [1.29, 1.82) is 0 Å². The number of rotatable bonds is 9. The molecule has 1 aliphatic heterocycles.